The highest BCUT2D eigenvalue weighted by Crippen LogP contribution is 2.29. The number of rotatable bonds is 4. The van der Waals surface area contributed by atoms with Gasteiger partial charge in [0.1, 0.15) is 10.8 Å². The zero-order chi connectivity index (χ0) is 19.6. The van der Waals surface area contributed by atoms with Crippen molar-refractivity contribution in [2.45, 2.75) is 12.7 Å². The van der Waals surface area contributed by atoms with Crippen molar-refractivity contribution in [2.75, 3.05) is 31.1 Å². The summed E-state index contributed by atoms with van der Waals surface area (Å²) in [5.41, 5.74) is 1.16. The molecule has 0 radical (unpaired) electrons. The van der Waals surface area contributed by atoms with Crippen LogP contribution in [0.3, 0.4) is 0 Å². The summed E-state index contributed by atoms with van der Waals surface area (Å²) in [5.74, 6) is 0.582. The maximum atomic E-state index is 12.7. The first kappa shape index (κ1) is 18.8. The lowest BCUT2D eigenvalue weighted by Crippen LogP contribution is -2.46. The Labute approximate surface area is 164 Å². The maximum Gasteiger partial charge on any atom is 0.417 e. The number of halogens is 3. The van der Waals surface area contributed by atoms with E-state index in [1.165, 1.54) is 6.07 Å². The number of nitrogens with zero attached hydrogens (tertiary/aromatic N) is 5. The topological polar surface area (TPSA) is 45.2 Å². The van der Waals surface area contributed by atoms with Crippen LogP contribution in [0.2, 0.25) is 0 Å². The molecule has 0 saturated carbocycles. The molecule has 0 aromatic carbocycles. The highest BCUT2D eigenvalue weighted by atomic mass is 32.1. The Morgan fingerprint density at radius 3 is 2.46 bits per heavy atom. The second-order valence-electron chi connectivity index (χ2n) is 6.53. The van der Waals surface area contributed by atoms with Crippen LogP contribution in [0.25, 0.3) is 10.7 Å². The number of piperazine rings is 1. The van der Waals surface area contributed by atoms with E-state index in [4.69, 9.17) is 0 Å². The molecule has 9 heteroatoms. The Kier molecular flexibility index (Phi) is 5.27. The fourth-order valence-corrected chi connectivity index (χ4v) is 3.88. The molecule has 0 spiro atoms. The van der Waals surface area contributed by atoms with E-state index in [-0.39, 0.29) is 0 Å². The average molecular weight is 405 g/mol. The van der Waals surface area contributed by atoms with E-state index in [2.05, 4.69) is 19.9 Å². The monoisotopic (exact) mass is 405 g/mol. The summed E-state index contributed by atoms with van der Waals surface area (Å²) in [5, 5.41) is 2.96. The third-order valence-corrected chi connectivity index (χ3v) is 5.51. The van der Waals surface area contributed by atoms with Crippen molar-refractivity contribution in [1.82, 2.24) is 19.9 Å². The summed E-state index contributed by atoms with van der Waals surface area (Å²) in [7, 11) is 0. The van der Waals surface area contributed by atoms with Crippen LogP contribution in [0.4, 0.5) is 19.0 Å². The summed E-state index contributed by atoms with van der Waals surface area (Å²) in [4.78, 5) is 17.3. The highest BCUT2D eigenvalue weighted by Gasteiger charge is 2.31. The van der Waals surface area contributed by atoms with Crippen molar-refractivity contribution in [1.29, 1.82) is 0 Å². The number of hydrogen-bond donors (Lipinski definition) is 0. The molecular formula is C19H18F3N5S. The van der Waals surface area contributed by atoms with Gasteiger partial charge in [0.2, 0.25) is 0 Å². The van der Waals surface area contributed by atoms with Gasteiger partial charge >= 0.3 is 6.18 Å². The third kappa shape index (κ3) is 4.31. The lowest BCUT2D eigenvalue weighted by molar-refractivity contribution is -0.137. The summed E-state index contributed by atoms with van der Waals surface area (Å²) in [6.45, 7) is 3.79. The number of anilines is 1. The van der Waals surface area contributed by atoms with E-state index in [1.807, 2.05) is 28.5 Å². The number of aromatic nitrogens is 3. The number of hydrogen-bond acceptors (Lipinski definition) is 6. The van der Waals surface area contributed by atoms with Crippen LogP contribution in [0, 0.1) is 0 Å². The molecule has 4 rings (SSSR count). The second kappa shape index (κ2) is 7.84. The predicted octanol–water partition coefficient (Wildman–Crippen LogP) is 3.94. The van der Waals surface area contributed by atoms with Gasteiger partial charge in [-0.3, -0.25) is 9.88 Å². The Bertz CT molecular complexity index is 903. The van der Waals surface area contributed by atoms with Gasteiger partial charge in [0.15, 0.2) is 0 Å². The minimum atomic E-state index is -4.36. The molecular weight excluding hydrogens is 387 g/mol. The Morgan fingerprint density at radius 2 is 1.82 bits per heavy atom. The van der Waals surface area contributed by atoms with E-state index in [1.54, 1.807) is 17.5 Å². The van der Waals surface area contributed by atoms with Crippen molar-refractivity contribution in [3.8, 4) is 10.7 Å². The number of alkyl halides is 3. The van der Waals surface area contributed by atoms with Crippen molar-refractivity contribution >= 4 is 17.2 Å². The molecule has 0 N–H and O–H groups in total. The summed E-state index contributed by atoms with van der Waals surface area (Å²) >= 11 is 1.58. The van der Waals surface area contributed by atoms with Gasteiger partial charge in [-0.1, -0.05) is 6.07 Å². The third-order valence-electron chi connectivity index (χ3n) is 4.59. The van der Waals surface area contributed by atoms with E-state index in [0.29, 0.717) is 5.82 Å². The van der Waals surface area contributed by atoms with Crippen LogP contribution in [-0.4, -0.2) is 46.0 Å². The molecule has 4 heterocycles. The van der Waals surface area contributed by atoms with Crippen LogP contribution < -0.4 is 4.90 Å². The molecule has 3 aromatic heterocycles. The Morgan fingerprint density at radius 1 is 1.00 bits per heavy atom. The molecule has 0 atom stereocenters. The van der Waals surface area contributed by atoms with E-state index >= 15 is 0 Å². The molecule has 1 aliphatic heterocycles. The molecule has 0 amide bonds. The lowest BCUT2D eigenvalue weighted by atomic mass is 10.2. The number of pyridine rings is 2. The van der Waals surface area contributed by atoms with Gasteiger partial charge in [0.05, 0.1) is 17.0 Å². The SMILES string of the molecule is FC(F)(F)c1ccc(N2CCN(Cc3csc(-c4ccccn4)n3)CC2)nc1. The van der Waals surface area contributed by atoms with Crippen molar-refractivity contribution < 1.29 is 13.2 Å². The van der Waals surface area contributed by atoms with Crippen molar-refractivity contribution in [3.05, 3.63) is 59.4 Å². The number of thiazole rings is 1. The van der Waals surface area contributed by atoms with Gasteiger partial charge in [-0.2, -0.15) is 13.2 Å². The smallest absolute Gasteiger partial charge is 0.354 e. The maximum absolute atomic E-state index is 12.7. The van der Waals surface area contributed by atoms with Crippen LogP contribution >= 0.6 is 11.3 Å². The molecule has 3 aromatic rings. The molecule has 0 unspecified atom stereocenters. The fourth-order valence-electron chi connectivity index (χ4n) is 3.09. The standard InChI is InChI=1S/C19H18F3N5S/c20-19(21,22)14-4-5-17(24-11-14)27-9-7-26(8-10-27)12-15-13-28-18(25-15)16-3-1-2-6-23-16/h1-6,11,13H,7-10,12H2. The molecule has 0 aliphatic carbocycles. The van der Waals surface area contributed by atoms with E-state index in [9.17, 15) is 13.2 Å². The second-order valence-corrected chi connectivity index (χ2v) is 7.38. The molecule has 1 saturated heterocycles. The van der Waals surface area contributed by atoms with Gasteiger partial charge in [0.25, 0.3) is 0 Å². The zero-order valence-electron chi connectivity index (χ0n) is 14.9. The van der Waals surface area contributed by atoms with Crippen LogP contribution in [0.15, 0.2) is 48.1 Å². The first-order valence-corrected chi connectivity index (χ1v) is 9.73. The predicted molar refractivity (Wildman–Crippen MR) is 102 cm³/mol. The zero-order valence-corrected chi connectivity index (χ0v) is 15.7. The largest absolute Gasteiger partial charge is 0.417 e. The average Bonchev–Trinajstić information content (AvgIpc) is 3.17. The molecule has 1 fully saturated rings. The van der Waals surface area contributed by atoms with E-state index < -0.39 is 11.7 Å². The molecule has 28 heavy (non-hydrogen) atoms. The Balaban J connectivity index is 1.33. The molecule has 1 aliphatic rings. The first-order valence-electron chi connectivity index (χ1n) is 8.85. The normalized spacial score (nSPS) is 15.8. The van der Waals surface area contributed by atoms with Gasteiger partial charge in [-0.05, 0) is 24.3 Å². The quantitative estimate of drug-likeness (QED) is 0.658. The van der Waals surface area contributed by atoms with Gasteiger partial charge in [0, 0.05) is 50.5 Å². The lowest BCUT2D eigenvalue weighted by Gasteiger charge is -2.35. The first-order chi connectivity index (χ1) is 13.5. The van der Waals surface area contributed by atoms with Gasteiger partial charge in [-0.25, -0.2) is 9.97 Å². The van der Waals surface area contributed by atoms with Gasteiger partial charge < -0.3 is 4.90 Å². The minimum absolute atomic E-state index is 0.582. The van der Waals surface area contributed by atoms with E-state index in [0.717, 1.165) is 61.4 Å². The molecule has 0 bridgehead atoms. The van der Waals surface area contributed by atoms with Gasteiger partial charge in [-0.15, -0.1) is 11.3 Å². The van der Waals surface area contributed by atoms with Crippen LogP contribution in [-0.2, 0) is 12.7 Å². The van der Waals surface area contributed by atoms with Crippen LogP contribution in [0.5, 0.6) is 0 Å². The van der Waals surface area contributed by atoms with Crippen molar-refractivity contribution in [3.63, 3.8) is 0 Å². The fraction of sp³-hybridized carbons (Fsp3) is 0.316. The molecule has 146 valence electrons. The highest BCUT2D eigenvalue weighted by molar-refractivity contribution is 7.13. The Hall–Kier alpha value is -2.52. The summed E-state index contributed by atoms with van der Waals surface area (Å²) in [6.07, 6.45) is -1.70. The minimum Gasteiger partial charge on any atom is -0.354 e. The molecule has 5 nitrogen and oxygen atoms in total. The summed E-state index contributed by atoms with van der Waals surface area (Å²) in [6, 6.07) is 8.29. The summed E-state index contributed by atoms with van der Waals surface area (Å²) < 4.78 is 38.0. The van der Waals surface area contributed by atoms with Crippen molar-refractivity contribution in [2.24, 2.45) is 0 Å². The van der Waals surface area contributed by atoms with Crippen LogP contribution in [0.1, 0.15) is 11.3 Å².